The Kier molecular flexibility index (Phi) is 10.3. The summed E-state index contributed by atoms with van der Waals surface area (Å²) in [5.74, 6) is 0. The Morgan fingerprint density at radius 3 is 1.38 bits per heavy atom. The molecule has 0 spiro atoms. The number of benzene rings is 4. The fraction of sp³-hybridized carbons (Fsp3) is 0.294. The molecule has 202 valence electrons. The van der Waals surface area contributed by atoms with Gasteiger partial charge in [0, 0.05) is 6.54 Å². The largest absolute Gasteiger partial charge is 0.375 e. The lowest BCUT2D eigenvalue weighted by Gasteiger charge is -2.43. The molecule has 4 aromatic carbocycles. The van der Waals surface area contributed by atoms with Crippen LogP contribution in [0.25, 0.3) is 0 Å². The van der Waals surface area contributed by atoms with Crippen molar-refractivity contribution < 1.29 is 18.9 Å². The van der Waals surface area contributed by atoms with Gasteiger partial charge in [0.1, 0.15) is 12.2 Å². The topological polar surface area (TPSA) is 49.0 Å². The zero-order valence-corrected chi connectivity index (χ0v) is 22.2. The normalized spacial score (nSPS) is 21.0. The molecule has 0 bridgehead atoms. The third-order valence-corrected chi connectivity index (χ3v) is 6.95. The highest BCUT2D eigenvalue weighted by molar-refractivity contribution is 5.16. The van der Waals surface area contributed by atoms with Crippen molar-refractivity contribution in [2.75, 3.05) is 13.2 Å². The minimum absolute atomic E-state index is 0.0465. The second-order valence-electron chi connectivity index (χ2n) is 9.87. The first-order chi connectivity index (χ1) is 19.3. The van der Waals surface area contributed by atoms with Crippen LogP contribution in [0.3, 0.4) is 0 Å². The van der Waals surface area contributed by atoms with Gasteiger partial charge in [-0.1, -0.05) is 121 Å². The number of nitrogens with one attached hydrogen (secondary N) is 1. The first kappa shape index (κ1) is 27.3. The molecule has 5 rings (SSSR count). The third-order valence-electron chi connectivity index (χ3n) is 6.95. The van der Waals surface area contributed by atoms with Crippen LogP contribution < -0.4 is 5.32 Å². The van der Waals surface area contributed by atoms with Crippen LogP contribution in [0, 0.1) is 0 Å². The van der Waals surface area contributed by atoms with Crippen molar-refractivity contribution in [1.29, 1.82) is 0 Å². The van der Waals surface area contributed by atoms with Crippen molar-refractivity contribution in [1.82, 2.24) is 5.32 Å². The SMILES string of the molecule is c1ccc(COC[C@H]2NC[C@H](OCc3ccccc3)[C@@H](OCc3ccccc3)[C@@H]2OCc2ccccc2)cc1. The highest BCUT2D eigenvalue weighted by Gasteiger charge is 2.42. The van der Waals surface area contributed by atoms with E-state index in [9.17, 15) is 0 Å². The van der Waals surface area contributed by atoms with E-state index in [0.717, 1.165) is 22.3 Å². The van der Waals surface area contributed by atoms with Gasteiger partial charge < -0.3 is 24.3 Å². The highest BCUT2D eigenvalue weighted by Crippen LogP contribution is 2.24. The zero-order chi connectivity index (χ0) is 26.5. The molecule has 0 unspecified atom stereocenters. The van der Waals surface area contributed by atoms with E-state index in [-0.39, 0.29) is 24.4 Å². The number of hydrogen-bond acceptors (Lipinski definition) is 5. The summed E-state index contributed by atoms with van der Waals surface area (Å²) >= 11 is 0. The first-order valence-electron chi connectivity index (χ1n) is 13.7. The molecule has 1 saturated heterocycles. The molecule has 1 heterocycles. The van der Waals surface area contributed by atoms with Crippen molar-refractivity contribution in [3.63, 3.8) is 0 Å². The van der Waals surface area contributed by atoms with Crippen LogP contribution in [0.4, 0.5) is 0 Å². The van der Waals surface area contributed by atoms with E-state index in [1.807, 2.05) is 72.8 Å². The predicted molar refractivity (Wildman–Crippen MR) is 153 cm³/mol. The van der Waals surface area contributed by atoms with Crippen LogP contribution >= 0.6 is 0 Å². The molecule has 0 aliphatic carbocycles. The molecule has 1 aliphatic rings. The molecule has 0 radical (unpaired) electrons. The minimum Gasteiger partial charge on any atom is -0.375 e. The molecular weight excluding hydrogens is 486 g/mol. The lowest BCUT2D eigenvalue weighted by atomic mass is 9.95. The van der Waals surface area contributed by atoms with E-state index in [1.165, 1.54) is 0 Å². The fourth-order valence-electron chi connectivity index (χ4n) is 4.85. The van der Waals surface area contributed by atoms with Gasteiger partial charge in [0.25, 0.3) is 0 Å². The second kappa shape index (κ2) is 14.7. The monoisotopic (exact) mass is 523 g/mol. The van der Waals surface area contributed by atoms with Gasteiger partial charge in [-0.05, 0) is 22.3 Å². The van der Waals surface area contributed by atoms with Crippen molar-refractivity contribution in [2.45, 2.75) is 50.8 Å². The van der Waals surface area contributed by atoms with E-state index < -0.39 is 0 Å². The van der Waals surface area contributed by atoms with Gasteiger partial charge in [0.2, 0.25) is 0 Å². The highest BCUT2D eigenvalue weighted by atomic mass is 16.6. The summed E-state index contributed by atoms with van der Waals surface area (Å²) in [5.41, 5.74) is 4.53. The molecule has 4 atom stereocenters. The molecule has 5 heteroatoms. The maximum absolute atomic E-state index is 6.62. The lowest BCUT2D eigenvalue weighted by molar-refractivity contribution is -0.181. The summed E-state index contributed by atoms with van der Waals surface area (Å²) in [6, 6.07) is 41.0. The van der Waals surface area contributed by atoms with Crippen LogP contribution in [-0.4, -0.2) is 37.5 Å². The molecule has 0 aromatic heterocycles. The Bertz CT molecular complexity index is 1210. The first-order valence-corrected chi connectivity index (χ1v) is 13.7. The van der Waals surface area contributed by atoms with Crippen molar-refractivity contribution >= 4 is 0 Å². The van der Waals surface area contributed by atoms with E-state index in [1.54, 1.807) is 0 Å². The summed E-state index contributed by atoms with van der Waals surface area (Å²) in [5, 5.41) is 3.65. The maximum atomic E-state index is 6.62. The number of rotatable bonds is 13. The summed E-state index contributed by atoms with van der Waals surface area (Å²) in [6.45, 7) is 3.19. The van der Waals surface area contributed by atoms with Crippen LogP contribution in [0.5, 0.6) is 0 Å². The molecular formula is C34H37NO4. The zero-order valence-electron chi connectivity index (χ0n) is 22.2. The molecule has 0 amide bonds. The summed E-state index contributed by atoms with van der Waals surface area (Å²) in [6.07, 6.45) is -0.719. The van der Waals surface area contributed by atoms with Crippen molar-refractivity contribution in [3.8, 4) is 0 Å². The average Bonchev–Trinajstić information content (AvgIpc) is 3.00. The van der Waals surface area contributed by atoms with Gasteiger partial charge in [0.15, 0.2) is 0 Å². The lowest BCUT2D eigenvalue weighted by Crippen LogP contribution is -2.63. The Morgan fingerprint density at radius 1 is 0.487 bits per heavy atom. The fourth-order valence-corrected chi connectivity index (χ4v) is 4.85. The standard InChI is InChI=1S/C34H37NO4/c1-5-13-27(14-6-1)22-36-26-31-33(38-24-29-17-9-3-10-18-29)34(39-25-30-19-11-4-12-20-30)32(21-35-31)37-23-28-15-7-2-8-16-28/h1-20,31-35H,21-26H2/t31-,32+,33-,34-/m1/s1. The van der Waals surface area contributed by atoms with Crippen LogP contribution in [0.2, 0.25) is 0 Å². The molecule has 5 nitrogen and oxygen atoms in total. The minimum atomic E-state index is -0.274. The quantitative estimate of drug-likeness (QED) is 0.235. The molecule has 0 saturated carbocycles. The third kappa shape index (κ3) is 8.33. The second-order valence-corrected chi connectivity index (χ2v) is 9.87. The molecule has 1 aliphatic heterocycles. The van der Waals surface area contributed by atoms with E-state index in [0.29, 0.717) is 39.6 Å². The van der Waals surface area contributed by atoms with Crippen LogP contribution in [0.15, 0.2) is 121 Å². The van der Waals surface area contributed by atoms with Gasteiger partial charge in [0.05, 0.1) is 45.2 Å². The maximum Gasteiger partial charge on any atom is 0.113 e. The van der Waals surface area contributed by atoms with Crippen LogP contribution in [0.1, 0.15) is 22.3 Å². The molecule has 1 fully saturated rings. The predicted octanol–water partition coefficient (Wildman–Crippen LogP) is 5.93. The Labute approximate surface area is 231 Å². The summed E-state index contributed by atoms with van der Waals surface area (Å²) in [7, 11) is 0. The number of hydrogen-bond donors (Lipinski definition) is 1. The summed E-state index contributed by atoms with van der Waals surface area (Å²) < 4.78 is 25.9. The van der Waals surface area contributed by atoms with E-state index >= 15 is 0 Å². The van der Waals surface area contributed by atoms with Crippen LogP contribution in [-0.2, 0) is 45.4 Å². The Balaban J connectivity index is 1.32. The number of piperidine rings is 1. The van der Waals surface area contributed by atoms with Gasteiger partial charge >= 0.3 is 0 Å². The van der Waals surface area contributed by atoms with Crippen molar-refractivity contribution in [2.24, 2.45) is 0 Å². The van der Waals surface area contributed by atoms with Gasteiger partial charge in [-0.25, -0.2) is 0 Å². The van der Waals surface area contributed by atoms with Gasteiger partial charge in [-0.15, -0.1) is 0 Å². The molecule has 1 N–H and O–H groups in total. The van der Waals surface area contributed by atoms with Crippen molar-refractivity contribution in [3.05, 3.63) is 144 Å². The van der Waals surface area contributed by atoms with Gasteiger partial charge in [-0.2, -0.15) is 0 Å². The molecule has 4 aromatic rings. The molecule has 39 heavy (non-hydrogen) atoms. The van der Waals surface area contributed by atoms with E-state index in [4.69, 9.17) is 18.9 Å². The smallest absolute Gasteiger partial charge is 0.113 e. The average molecular weight is 524 g/mol. The Morgan fingerprint density at radius 2 is 0.897 bits per heavy atom. The number of ether oxygens (including phenoxy) is 4. The van der Waals surface area contributed by atoms with Gasteiger partial charge in [-0.3, -0.25) is 0 Å². The Hall–Kier alpha value is -3.32. The summed E-state index contributed by atoms with van der Waals surface area (Å²) in [4.78, 5) is 0. The van der Waals surface area contributed by atoms with E-state index in [2.05, 4.69) is 53.8 Å².